The van der Waals surface area contributed by atoms with E-state index in [9.17, 15) is 0 Å². The average Bonchev–Trinajstić information content (AvgIpc) is 2.87. The highest BCUT2D eigenvalue weighted by Gasteiger charge is 2.06. The van der Waals surface area contributed by atoms with Crippen LogP contribution in [0.4, 0.5) is 0 Å². The van der Waals surface area contributed by atoms with Crippen LogP contribution in [0.15, 0.2) is 42.5 Å². The van der Waals surface area contributed by atoms with Gasteiger partial charge in [-0.3, -0.25) is 0 Å². The van der Waals surface area contributed by atoms with Gasteiger partial charge in [-0.1, -0.05) is 43.3 Å². The van der Waals surface area contributed by atoms with Crippen molar-refractivity contribution in [2.24, 2.45) is 0 Å². The third-order valence-corrected chi connectivity index (χ3v) is 2.75. The van der Waals surface area contributed by atoms with Gasteiger partial charge in [0.1, 0.15) is 0 Å². The number of hydrogen-bond donors (Lipinski definition) is 0. The summed E-state index contributed by atoms with van der Waals surface area (Å²) in [5.41, 5.74) is 0.968. The highest BCUT2D eigenvalue weighted by Crippen LogP contribution is 2.20. The van der Waals surface area contributed by atoms with E-state index in [-0.39, 0.29) is 0 Å². The second-order valence-electron chi connectivity index (χ2n) is 3.85. The topological polar surface area (TPSA) is 43.6 Å². The Morgan fingerprint density at radius 2 is 1.88 bits per heavy atom. The summed E-state index contributed by atoms with van der Waals surface area (Å²) in [6.45, 7) is 2.02. The number of nitrogens with zero attached hydrogens (tertiary/aromatic N) is 4. The lowest BCUT2D eigenvalue weighted by atomic mass is 10.1. The first-order chi connectivity index (χ1) is 8.38. The fraction of sp³-hybridized carbons (Fsp3) is 0.154. The summed E-state index contributed by atoms with van der Waals surface area (Å²) in [5.74, 6) is 0.762. The summed E-state index contributed by atoms with van der Waals surface area (Å²) in [4.78, 5) is 1.60. The van der Waals surface area contributed by atoms with Crippen LogP contribution in [0.2, 0.25) is 0 Å². The smallest absolute Gasteiger partial charge is 0.131 e. The van der Waals surface area contributed by atoms with Crippen LogP contribution in [0.1, 0.15) is 12.7 Å². The van der Waals surface area contributed by atoms with Gasteiger partial charge in [-0.15, -0.1) is 15.0 Å². The number of hydrogen-bond acceptors (Lipinski definition) is 3. The SMILES string of the molecule is CCc1nnn(-c2cccc3ccccc23)n1. The van der Waals surface area contributed by atoms with Gasteiger partial charge in [0.2, 0.25) is 0 Å². The van der Waals surface area contributed by atoms with Crippen molar-refractivity contribution in [2.75, 3.05) is 0 Å². The Bertz CT molecular complexity index is 652. The van der Waals surface area contributed by atoms with Gasteiger partial charge >= 0.3 is 0 Å². The molecule has 17 heavy (non-hydrogen) atoms. The van der Waals surface area contributed by atoms with E-state index in [4.69, 9.17) is 0 Å². The first-order valence-corrected chi connectivity index (χ1v) is 5.65. The zero-order valence-corrected chi connectivity index (χ0v) is 9.54. The second-order valence-corrected chi connectivity index (χ2v) is 3.85. The zero-order valence-electron chi connectivity index (χ0n) is 9.54. The normalized spacial score (nSPS) is 10.9. The average molecular weight is 224 g/mol. The summed E-state index contributed by atoms with van der Waals surface area (Å²) >= 11 is 0. The molecule has 0 aliphatic rings. The van der Waals surface area contributed by atoms with E-state index < -0.39 is 0 Å². The van der Waals surface area contributed by atoms with Crippen LogP contribution in [0.5, 0.6) is 0 Å². The molecule has 0 bridgehead atoms. The third kappa shape index (κ3) is 1.67. The van der Waals surface area contributed by atoms with Crippen LogP contribution in [0.3, 0.4) is 0 Å². The van der Waals surface area contributed by atoms with Crippen molar-refractivity contribution in [1.82, 2.24) is 20.2 Å². The minimum Gasteiger partial charge on any atom is -0.131 e. The van der Waals surface area contributed by atoms with Crippen LogP contribution >= 0.6 is 0 Å². The van der Waals surface area contributed by atoms with Gasteiger partial charge in [0, 0.05) is 11.8 Å². The number of aryl methyl sites for hydroxylation is 1. The predicted octanol–water partition coefficient (Wildman–Crippen LogP) is 2.38. The summed E-state index contributed by atoms with van der Waals surface area (Å²) in [6, 6.07) is 14.3. The first-order valence-electron chi connectivity index (χ1n) is 5.65. The van der Waals surface area contributed by atoms with E-state index in [1.165, 1.54) is 5.39 Å². The third-order valence-electron chi connectivity index (χ3n) is 2.75. The molecule has 0 N–H and O–H groups in total. The van der Waals surface area contributed by atoms with Crippen molar-refractivity contribution in [3.05, 3.63) is 48.3 Å². The number of rotatable bonds is 2. The van der Waals surface area contributed by atoms with Crippen molar-refractivity contribution in [3.63, 3.8) is 0 Å². The Kier molecular flexibility index (Phi) is 2.33. The molecule has 0 spiro atoms. The number of benzene rings is 2. The highest BCUT2D eigenvalue weighted by atomic mass is 15.6. The predicted molar refractivity (Wildman–Crippen MR) is 66.0 cm³/mol. The maximum atomic E-state index is 4.34. The van der Waals surface area contributed by atoms with E-state index in [0.29, 0.717) is 0 Å². The molecular formula is C13H12N4. The summed E-state index contributed by atoms with van der Waals surface area (Å²) in [5, 5.41) is 14.7. The van der Waals surface area contributed by atoms with Crippen molar-refractivity contribution in [1.29, 1.82) is 0 Å². The molecular weight excluding hydrogens is 212 g/mol. The zero-order chi connectivity index (χ0) is 11.7. The molecule has 0 saturated heterocycles. The fourth-order valence-electron chi connectivity index (χ4n) is 1.87. The van der Waals surface area contributed by atoms with E-state index in [0.717, 1.165) is 23.3 Å². The molecule has 0 aliphatic heterocycles. The molecule has 0 saturated carbocycles. The molecule has 2 aromatic carbocycles. The van der Waals surface area contributed by atoms with E-state index >= 15 is 0 Å². The van der Waals surface area contributed by atoms with Crippen LogP contribution < -0.4 is 0 Å². The first kappa shape index (κ1) is 9.96. The summed E-state index contributed by atoms with van der Waals surface area (Å²) in [7, 11) is 0. The van der Waals surface area contributed by atoms with Crippen LogP contribution in [-0.2, 0) is 6.42 Å². The maximum Gasteiger partial charge on any atom is 0.174 e. The number of aromatic nitrogens is 4. The van der Waals surface area contributed by atoms with Gasteiger partial charge in [0.25, 0.3) is 0 Å². The van der Waals surface area contributed by atoms with Crippen LogP contribution in [0.25, 0.3) is 16.5 Å². The summed E-state index contributed by atoms with van der Waals surface area (Å²) < 4.78 is 0. The largest absolute Gasteiger partial charge is 0.174 e. The molecule has 1 aromatic heterocycles. The van der Waals surface area contributed by atoms with Crippen molar-refractivity contribution >= 4 is 10.8 Å². The molecule has 0 aliphatic carbocycles. The lowest BCUT2D eigenvalue weighted by molar-refractivity contribution is 0.722. The number of tetrazole rings is 1. The fourth-order valence-corrected chi connectivity index (χ4v) is 1.87. The maximum absolute atomic E-state index is 4.34. The van der Waals surface area contributed by atoms with Gasteiger partial charge in [0.05, 0.1) is 5.69 Å². The van der Waals surface area contributed by atoms with Gasteiger partial charge in [-0.05, 0) is 16.7 Å². The van der Waals surface area contributed by atoms with Crippen LogP contribution in [-0.4, -0.2) is 20.2 Å². The molecule has 0 fully saturated rings. The second kappa shape index (κ2) is 3.97. The highest BCUT2D eigenvalue weighted by molar-refractivity contribution is 5.89. The molecule has 0 radical (unpaired) electrons. The Morgan fingerprint density at radius 3 is 2.71 bits per heavy atom. The lowest BCUT2D eigenvalue weighted by Crippen LogP contribution is -2.00. The monoisotopic (exact) mass is 224 g/mol. The number of fused-ring (bicyclic) bond motifs is 1. The molecule has 0 atom stereocenters. The molecule has 3 rings (SSSR count). The van der Waals surface area contributed by atoms with Crippen LogP contribution in [0, 0.1) is 0 Å². The van der Waals surface area contributed by atoms with Gasteiger partial charge < -0.3 is 0 Å². The van der Waals surface area contributed by atoms with Crippen molar-refractivity contribution in [3.8, 4) is 5.69 Å². The van der Waals surface area contributed by atoms with Gasteiger partial charge in [0.15, 0.2) is 5.82 Å². The quantitative estimate of drug-likeness (QED) is 0.671. The minimum absolute atomic E-state index is 0.762. The Labute approximate surface area is 98.9 Å². The molecule has 4 nitrogen and oxygen atoms in total. The van der Waals surface area contributed by atoms with E-state index in [2.05, 4.69) is 33.6 Å². The molecule has 1 heterocycles. The van der Waals surface area contributed by atoms with E-state index in [1.54, 1.807) is 4.80 Å². The van der Waals surface area contributed by atoms with Gasteiger partial charge in [-0.2, -0.15) is 0 Å². The minimum atomic E-state index is 0.762. The molecule has 0 unspecified atom stereocenters. The van der Waals surface area contributed by atoms with Crippen molar-refractivity contribution < 1.29 is 0 Å². The van der Waals surface area contributed by atoms with Gasteiger partial charge in [-0.25, -0.2) is 0 Å². The molecule has 4 heteroatoms. The Hall–Kier alpha value is -2.23. The Balaban J connectivity index is 2.23. The Morgan fingerprint density at radius 1 is 1.06 bits per heavy atom. The molecule has 3 aromatic rings. The van der Waals surface area contributed by atoms with E-state index in [1.807, 2.05) is 31.2 Å². The molecule has 84 valence electrons. The summed E-state index contributed by atoms with van der Waals surface area (Å²) in [6.07, 6.45) is 0.796. The standard InChI is InChI=1S/C13H12N4/c1-2-13-14-16-17(15-13)12-9-5-7-10-6-3-4-8-11(10)12/h3-9H,2H2,1H3. The van der Waals surface area contributed by atoms with Crippen molar-refractivity contribution in [2.45, 2.75) is 13.3 Å². The lowest BCUT2D eigenvalue weighted by Gasteiger charge is -2.03. The molecule has 0 amide bonds.